The third-order valence-electron chi connectivity index (χ3n) is 3.61. The summed E-state index contributed by atoms with van der Waals surface area (Å²) in [4.78, 5) is 4.44. The Balaban J connectivity index is 1.86. The molecule has 3 rings (SSSR count). The largest absolute Gasteiger partial charge is 0.304 e. The van der Waals surface area contributed by atoms with Gasteiger partial charge in [-0.25, -0.2) is 12.8 Å². The molecule has 0 amide bonds. The number of aromatic nitrogens is 1. The summed E-state index contributed by atoms with van der Waals surface area (Å²) in [6, 6.07) is 9.29. The lowest BCUT2D eigenvalue weighted by atomic mass is 10.0. The minimum Gasteiger partial charge on any atom is -0.304 e. The number of rotatable bonds is 3. The topological polar surface area (TPSA) is 59.1 Å². The van der Waals surface area contributed by atoms with Crippen LogP contribution in [0.2, 0.25) is 0 Å². The van der Waals surface area contributed by atoms with Gasteiger partial charge in [0.15, 0.2) is 9.84 Å². The monoisotopic (exact) mass is 306 g/mol. The number of nitrogens with zero attached hydrogens (tertiary/aromatic N) is 1. The van der Waals surface area contributed by atoms with Crippen molar-refractivity contribution in [1.29, 1.82) is 0 Å². The number of halogens is 1. The van der Waals surface area contributed by atoms with E-state index < -0.39 is 15.7 Å². The molecule has 0 spiro atoms. The molecule has 1 aromatic heterocycles. The highest BCUT2D eigenvalue weighted by Crippen LogP contribution is 2.32. The third kappa shape index (κ3) is 2.96. The Hall–Kier alpha value is -1.79. The number of fused-ring (bicyclic) bond motifs is 1. The fraction of sp³-hybridized carbons (Fsp3) is 0.267. The van der Waals surface area contributed by atoms with E-state index in [4.69, 9.17) is 0 Å². The lowest BCUT2D eigenvalue weighted by Gasteiger charge is -2.26. The molecule has 21 heavy (non-hydrogen) atoms. The maximum Gasteiger partial charge on any atom is 0.178 e. The van der Waals surface area contributed by atoms with Crippen LogP contribution in [0.1, 0.15) is 23.7 Å². The van der Waals surface area contributed by atoms with Crippen molar-refractivity contribution in [2.24, 2.45) is 0 Å². The molecule has 1 aliphatic rings. The smallest absolute Gasteiger partial charge is 0.178 e. The summed E-state index contributed by atoms with van der Waals surface area (Å²) < 4.78 is 37.5. The predicted molar refractivity (Wildman–Crippen MR) is 76.9 cm³/mol. The average molecular weight is 306 g/mol. The van der Waals surface area contributed by atoms with Crippen molar-refractivity contribution in [1.82, 2.24) is 10.3 Å². The fourth-order valence-electron chi connectivity index (χ4n) is 2.56. The van der Waals surface area contributed by atoms with Crippen LogP contribution < -0.4 is 5.32 Å². The lowest BCUT2D eigenvalue weighted by Crippen LogP contribution is -2.29. The summed E-state index contributed by atoms with van der Waals surface area (Å²) in [6.45, 7) is 0.515. The molecule has 4 nitrogen and oxygen atoms in total. The first-order valence-electron chi connectivity index (χ1n) is 6.72. The van der Waals surface area contributed by atoms with Gasteiger partial charge in [-0.15, -0.1) is 0 Å². The molecule has 2 heterocycles. The molecule has 1 N–H and O–H groups in total. The van der Waals surface area contributed by atoms with E-state index in [9.17, 15) is 12.8 Å². The summed E-state index contributed by atoms with van der Waals surface area (Å²) in [5, 5.41) is 3.27. The van der Waals surface area contributed by atoms with Crippen LogP contribution >= 0.6 is 0 Å². The van der Waals surface area contributed by atoms with Crippen LogP contribution in [0.25, 0.3) is 0 Å². The van der Waals surface area contributed by atoms with Crippen molar-refractivity contribution in [3.63, 3.8) is 0 Å². The fourth-order valence-corrected chi connectivity index (χ4v) is 4.16. The summed E-state index contributed by atoms with van der Waals surface area (Å²) in [5.41, 5.74) is 1.38. The predicted octanol–water partition coefficient (Wildman–Crippen LogP) is 2.23. The Labute approximate surface area is 123 Å². The van der Waals surface area contributed by atoms with Crippen LogP contribution in [-0.2, 0) is 16.4 Å². The van der Waals surface area contributed by atoms with E-state index in [-0.39, 0.29) is 16.7 Å². The summed E-state index contributed by atoms with van der Waals surface area (Å²) in [6.07, 6.45) is 2.14. The zero-order valence-corrected chi connectivity index (χ0v) is 12.1. The van der Waals surface area contributed by atoms with Crippen LogP contribution in [0.3, 0.4) is 0 Å². The van der Waals surface area contributed by atoms with Gasteiger partial charge in [0.2, 0.25) is 0 Å². The van der Waals surface area contributed by atoms with Gasteiger partial charge in [0, 0.05) is 18.8 Å². The van der Waals surface area contributed by atoms with E-state index in [2.05, 4.69) is 10.3 Å². The van der Waals surface area contributed by atoms with Gasteiger partial charge in [-0.2, -0.15) is 0 Å². The van der Waals surface area contributed by atoms with Crippen LogP contribution in [0, 0.1) is 5.82 Å². The quantitative estimate of drug-likeness (QED) is 0.884. The molecule has 1 atom stereocenters. The molecule has 1 aromatic carbocycles. The molecule has 0 aliphatic carbocycles. The van der Waals surface area contributed by atoms with Gasteiger partial charge in [0.25, 0.3) is 0 Å². The van der Waals surface area contributed by atoms with Gasteiger partial charge >= 0.3 is 0 Å². The Morgan fingerprint density at radius 1 is 1.29 bits per heavy atom. The average Bonchev–Trinajstić information content (AvgIpc) is 2.47. The number of hydrogen-bond donors (Lipinski definition) is 1. The maximum absolute atomic E-state index is 13.4. The first kappa shape index (κ1) is 14.2. The van der Waals surface area contributed by atoms with Gasteiger partial charge in [-0.3, -0.25) is 4.98 Å². The van der Waals surface area contributed by atoms with E-state index in [1.54, 1.807) is 6.20 Å². The molecule has 6 heteroatoms. The van der Waals surface area contributed by atoms with E-state index >= 15 is 0 Å². The number of hydrogen-bond acceptors (Lipinski definition) is 4. The highest BCUT2D eigenvalue weighted by molar-refractivity contribution is 7.91. The van der Waals surface area contributed by atoms with Crippen LogP contribution in [0.4, 0.5) is 4.39 Å². The molecule has 0 saturated heterocycles. The molecule has 0 fully saturated rings. The minimum absolute atomic E-state index is 0.0749. The molecular weight excluding hydrogens is 291 g/mol. The van der Waals surface area contributed by atoms with Crippen molar-refractivity contribution >= 4 is 9.84 Å². The first-order valence-corrected chi connectivity index (χ1v) is 8.37. The molecule has 0 saturated carbocycles. The number of sulfone groups is 1. The molecular formula is C15H15FN2O2S. The zero-order valence-electron chi connectivity index (χ0n) is 11.3. The second-order valence-corrected chi connectivity index (χ2v) is 7.12. The number of benzene rings is 1. The molecule has 2 aromatic rings. The molecule has 1 aliphatic heterocycles. The Kier molecular flexibility index (Phi) is 3.73. The van der Waals surface area contributed by atoms with Gasteiger partial charge < -0.3 is 5.32 Å². The van der Waals surface area contributed by atoms with Gasteiger partial charge in [0.05, 0.1) is 16.3 Å². The van der Waals surface area contributed by atoms with Crippen LogP contribution in [-0.4, -0.2) is 19.2 Å². The summed E-state index contributed by atoms with van der Waals surface area (Å²) in [5.74, 6) is -0.346. The highest BCUT2D eigenvalue weighted by atomic mass is 32.2. The number of nitrogens with one attached hydrogen (secondary N) is 1. The maximum atomic E-state index is 13.4. The third-order valence-corrected chi connectivity index (χ3v) is 5.43. The normalized spacial score (nSPS) is 20.0. The van der Waals surface area contributed by atoms with E-state index in [1.165, 1.54) is 18.2 Å². The van der Waals surface area contributed by atoms with Crippen LogP contribution in [0.5, 0.6) is 0 Å². The van der Waals surface area contributed by atoms with Gasteiger partial charge in [-0.1, -0.05) is 6.07 Å². The Morgan fingerprint density at radius 2 is 2.14 bits per heavy atom. The van der Waals surface area contributed by atoms with Crippen molar-refractivity contribution in [2.45, 2.75) is 23.9 Å². The second-order valence-electron chi connectivity index (χ2n) is 5.04. The zero-order chi connectivity index (χ0) is 14.9. The minimum atomic E-state index is -3.30. The van der Waals surface area contributed by atoms with Crippen LogP contribution in [0.15, 0.2) is 47.5 Å². The Morgan fingerprint density at radius 3 is 2.90 bits per heavy atom. The molecule has 0 radical (unpaired) electrons. The van der Waals surface area contributed by atoms with Crippen molar-refractivity contribution in [3.05, 3.63) is 59.7 Å². The Bertz CT molecular complexity index is 748. The second kappa shape index (κ2) is 5.54. The molecule has 110 valence electrons. The summed E-state index contributed by atoms with van der Waals surface area (Å²) in [7, 11) is -3.30. The van der Waals surface area contributed by atoms with E-state index in [1.807, 2.05) is 18.2 Å². The van der Waals surface area contributed by atoms with E-state index in [0.29, 0.717) is 18.5 Å². The first-order chi connectivity index (χ1) is 10.1. The molecule has 1 unspecified atom stereocenters. The van der Waals surface area contributed by atoms with Gasteiger partial charge in [0.1, 0.15) is 5.82 Å². The SMILES string of the molecule is O=S1(=O)CCC(NCc2ccccn2)c2cc(F)ccc21. The van der Waals surface area contributed by atoms with E-state index in [0.717, 1.165) is 5.69 Å². The van der Waals surface area contributed by atoms with Crippen molar-refractivity contribution in [2.75, 3.05) is 5.75 Å². The standard InChI is InChI=1S/C15H15FN2O2S/c16-11-4-5-15-13(9-11)14(6-8-21(15,19)20)18-10-12-3-1-2-7-17-12/h1-5,7,9,14,18H,6,8,10H2. The van der Waals surface area contributed by atoms with Crippen molar-refractivity contribution in [3.8, 4) is 0 Å². The van der Waals surface area contributed by atoms with Gasteiger partial charge in [-0.05, 0) is 42.3 Å². The number of pyridine rings is 1. The summed E-state index contributed by atoms with van der Waals surface area (Å²) >= 11 is 0. The van der Waals surface area contributed by atoms with Crippen molar-refractivity contribution < 1.29 is 12.8 Å². The highest BCUT2D eigenvalue weighted by Gasteiger charge is 2.30. The molecule has 0 bridgehead atoms. The lowest BCUT2D eigenvalue weighted by molar-refractivity contribution is 0.484.